The van der Waals surface area contributed by atoms with Gasteiger partial charge >= 0.3 is 6.03 Å². The van der Waals surface area contributed by atoms with Crippen LogP contribution in [0.15, 0.2) is 46.0 Å². The number of urea groups is 1. The Morgan fingerprint density at radius 1 is 1.28 bits per heavy atom. The van der Waals surface area contributed by atoms with Crippen molar-refractivity contribution in [3.05, 3.63) is 45.8 Å². The van der Waals surface area contributed by atoms with Crippen molar-refractivity contribution in [3.63, 3.8) is 0 Å². The van der Waals surface area contributed by atoms with Crippen molar-refractivity contribution in [2.45, 2.75) is 25.7 Å². The molecule has 0 saturated heterocycles. The number of nitrogens with zero attached hydrogens (tertiary/aromatic N) is 3. The highest BCUT2D eigenvalue weighted by Gasteiger charge is 2.43. The van der Waals surface area contributed by atoms with Crippen molar-refractivity contribution < 1.29 is 19.6 Å². The molecule has 130 valence electrons. The van der Waals surface area contributed by atoms with Gasteiger partial charge in [0.25, 0.3) is 5.69 Å². The average Bonchev–Trinajstić information content (AvgIpc) is 2.85. The van der Waals surface area contributed by atoms with Crippen molar-refractivity contribution in [1.82, 2.24) is 0 Å². The third kappa shape index (κ3) is 3.39. The molecule has 9 heteroatoms. The lowest BCUT2D eigenvalue weighted by Gasteiger charge is -2.23. The summed E-state index contributed by atoms with van der Waals surface area (Å²) in [4.78, 5) is 34.2. The number of allylic oxidation sites excluding steroid dienone is 2. The van der Waals surface area contributed by atoms with Gasteiger partial charge in [-0.25, -0.2) is 4.79 Å². The van der Waals surface area contributed by atoms with Crippen LogP contribution in [0.2, 0.25) is 0 Å². The van der Waals surface area contributed by atoms with Gasteiger partial charge in [0.05, 0.1) is 4.92 Å². The number of nitrogens with one attached hydrogen (secondary N) is 1. The fourth-order valence-electron chi connectivity index (χ4n) is 3.29. The van der Waals surface area contributed by atoms with E-state index in [0.717, 1.165) is 19.3 Å². The van der Waals surface area contributed by atoms with E-state index in [1.165, 1.54) is 24.3 Å². The van der Waals surface area contributed by atoms with E-state index in [0.29, 0.717) is 6.42 Å². The molecule has 1 saturated carbocycles. The van der Waals surface area contributed by atoms with Gasteiger partial charge in [-0.2, -0.15) is 0 Å². The molecule has 0 radical (unpaired) electrons. The minimum Gasteiger partial charge on any atom is -0.510 e. The van der Waals surface area contributed by atoms with Crippen molar-refractivity contribution in [3.8, 4) is 0 Å². The zero-order chi connectivity index (χ0) is 18.0. The quantitative estimate of drug-likeness (QED) is 0.489. The van der Waals surface area contributed by atoms with Gasteiger partial charge in [-0.1, -0.05) is 24.0 Å². The van der Waals surface area contributed by atoms with Crippen LogP contribution < -0.4 is 5.32 Å². The molecule has 0 aliphatic heterocycles. The molecule has 2 atom stereocenters. The summed E-state index contributed by atoms with van der Waals surface area (Å²) in [6.07, 6.45) is 3.29. The zero-order valence-corrected chi connectivity index (χ0v) is 13.2. The number of amides is 2. The number of fused-ring (bicyclic) bond motifs is 1. The van der Waals surface area contributed by atoms with Crippen molar-refractivity contribution >= 4 is 23.2 Å². The predicted molar refractivity (Wildman–Crippen MR) is 87.1 cm³/mol. The number of aliphatic hydroxyl groups is 1. The molecular formula is C16H16N4O5. The van der Waals surface area contributed by atoms with Crippen LogP contribution in [-0.4, -0.2) is 21.8 Å². The lowest BCUT2D eigenvalue weighted by molar-refractivity contribution is -0.384. The van der Waals surface area contributed by atoms with Crippen molar-refractivity contribution in [2.75, 3.05) is 5.32 Å². The molecule has 0 aromatic heterocycles. The molecule has 3 rings (SSSR count). The van der Waals surface area contributed by atoms with Gasteiger partial charge in [0.15, 0.2) is 11.5 Å². The fourth-order valence-corrected chi connectivity index (χ4v) is 3.29. The van der Waals surface area contributed by atoms with Crippen LogP contribution in [0.1, 0.15) is 25.7 Å². The summed E-state index contributed by atoms with van der Waals surface area (Å²) < 4.78 is 0. The minimum atomic E-state index is -0.886. The van der Waals surface area contributed by atoms with Crippen LogP contribution in [-0.2, 0) is 4.79 Å². The average molecular weight is 344 g/mol. The number of ketones is 1. The second-order valence-corrected chi connectivity index (χ2v) is 6.03. The van der Waals surface area contributed by atoms with Crippen LogP contribution in [0.25, 0.3) is 0 Å². The Kier molecular flexibility index (Phi) is 4.55. The predicted octanol–water partition coefficient (Wildman–Crippen LogP) is 3.74. The maximum absolute atomic E-state index is 12.3. The van der Waals surface area contributed by atoms with Crippen LogP contribution in [0.5, 0.6) is 0 Å². The Labute approximate surface area is 142 Å². The Morgan fingerprint density at radius 3 is 2.68 bits per heavy atom. The first-order valence-corrected chi connectivity index (χ1v) is 7.92. The number of carbonyl (C=O) groups is 2. The first-order chi connectivity index (χ1) is 12.0. The molecule has 25 heavy (non-hydrogen) atoms. The van der Waals surface area contributed by atoms with E-state index in [9.17, 15) is 24.8 Å². The van der Waals surface area contributed by atoms with Gasteiger partial charge in [-0.3, -0.25) is 14.9 Å². The highest BCUT2D eigenvalue weighted by atomic mass is 16.6. The van der Waals surface area contributed by atoms with Crippen LogP contribution in [0.4, 0.5) is 16.2 Å². The molecular weight excluding hydrogens is 328 g/mol. The monoisotopic (exact) mass is 344 g/mol. The molecule has 0 spiro atoms. The highest BCUT2D eigenvalue weighted by Crippen LogP contribution is 2.42. The van der Waals surface area contributed by atoms with E-state index in [2.05, 4.69) is 15.5 Å². The van der Waals surface area contributed by atoms with E-state index in [4.69, 9.17) is 0 Å². The number of non-ortho nitro benzene ring substituents is 1. The van der Waals surface area contributed by atoms with E-state index < -0.39 is 11.0 Å². The van der Waals surface area contributed by atoms with Crippen LogP contribution >= 0.6 is 0 Å². The SMILES string of the molecule is O=C(N=NC1=C(O)C2CCCCC2C1=O)Nc1cccc([N+](=O)[O-])c1. The number of Topliss-reactive ketones (excluding diaryl/α,β-unsaturated/α-hetero) is 1. The molecule has 2 amide bonds. The summed E-state index contributed by atoms with van der Waals surface area (Å²) >= 11 is 0. The molecule has 1 aromatic carbocycles. The largest absolute Gasteiger partial charge is 0.510 e. The molecule has 0 heterocycles. The fraction of sp³-hybridized carbons (Fsp3) is 0.375. The lowest BCUT2D eigenvalue weighted by Crippen LogP contribution is -2.21. The Bertz CT molecular complexity index is 801. The Morgan fingerprint density at radius 2 is 2.00 bits per heavy atom. The molecule has 2 unspecified atom stereocenters. The maximum atomic E-state index is 12.3. The third-order valence-electron chi connectivity index (χ3n) is 4.48. The number of anilines is 1. The van der Waals surface area contributed by atoms with E-state index in [1.807, 2.05) is 0 Å². The standard InChI is InChI=1S/C16H16N4O5/c21-14-11-6-1-2-7-12(11)15(22)13(14)18-19-16(23)17-9-4-3-5-10(8-9)20(24)25/h3-5,8,11-12,21H,1-2,6-7H2,(H,17,23). The van der Waals surface area contributed by atoms with Crippen molar-refractivity contribution in [1.29, 1.82) is 0 Å². The van der Waals surface area contributed by atoms with Gasteiger partial charge in [0.1, 0.15) is 5.76 Å². The number of benzene rings is 1. The molecule has 2 aliphatic carbocycles. The lowest BCUT2D eigenvalue weighted by atomic mass is 9.80. The number of carbonyl (C=O) groups excluding carboxylic acids is 2. The third-order valence-corrected chi connectivity index (χ3v) is 4.48. The Balaban J connectivity index is 1.70. The van der Waals surface area contributed by atoms with E-state index in [-0.39, 0.29) is 40.5 Å². The summed E-state index contributed by atoms with van der Waals surface area (Å²) in [5.74, 6) is -0.881. The van der Waals surface area contributed by atoms with Crippen LogP contribution in [0, 0.1) is 22.0 Å². The van der Waals surface area contributed by atoms with Crippen molar-refractivity contribution in [2.24, 2.45) is 22.1 Å². The number of hydrogen-bond acceptors (Lipinski definition) is 6. The summed E-state index contributed by atoms with van der Waals surface area (Å²) in [7, 11) is 0. The number of azo groups is 1. The first-order valence-electron chi connectivity index (χ1n) is 7.92. The van der Waals surface area contributed by atoms with E-state index in [1.54, 1.807) is 0 Å². The summed E-state index contributed by atoms with van der Waals surface area (Å²) in [5.41, 5.74) is -0.154. The second-order valence-electron chi connectivity index (χ2n) is 6.03. The zero-order valence-electron chi connectivity index (χ0n) is 13.2. The normalized spacial score (nSPS) is 23.0. The molecule has 1 fully saturated rings. The van der Waals surface area contributed by atoms with Gasteiger partial charge in [0, 0.05) is 29.7 Å². The number of nitro groups is 1. The number of aliphatic hydroxyl groups excluding tert-OH is 1. The topological polar surface area (TPSA) is 134 Å². The molecule has 9 nitrogen and oxygen atoms in total. The molecule has 2 N–H and O–H groups in total. The number of nitro benzene ring substituents is 1. The van der Waals surface area contributed by atoms with Gasteiger partial charge in [-0.05, 0) is 18.9 Å². The van der Waals surface area contributed by atoms with E-state index >= 15 is 0 Å². The number of rotatable bonds is 3. The smallest absolute Gasteiger partial charge is 0.364 e. The molecule has 2 aliphatic rings. The summed E-state index contributed by atoms with van der Waals surface area (Å²) in [6.45, 7) is 0. The Hall–Kier alpha value is -3.10. The number of hydrogen-bond donors (Lipinski definition) is 2. The maximum Gasteiger partial charge on any atom is 0.364 e. The highest BCUT2D eigenvalue weighted by molar-refractivity contribution is 6.00. The van der Waals surface area contributed by atoms with Crippen LogP contribution in [0.3, 0.4) is 0 Å². The molecule has 1 aromatic rings. The van der Waals surface area contributed by atoms with Gasteiger partial charge < -0.3 is 10.4 Å². The summed E-state index contributed by atoms with van der Waals surface area (Å²) in [5, 5.41) is 30.2. The molecule has 0 bridgehead atoms. The summed E-state index contributed by atoms with van der Waals surface area (Å²) in [6, 6.07) is 4.47. The minimum absolute atomic E-state index is 0.0957. The second kappa shape index (κ2) is 6.80. The first kappa shape index (κ1) is 16.7. The van der Waals surface area contributed by atoms with Gasteiger partial charge in [0.2, 0.25) is 0 Å². The van der Waals surface area contributed by atoms with Gasteiger partial charge in [-0.15, -0.1) is 5.11 Å².